The monoisotopic (exact) mass is 188 g/mol. The van der Waals surface area contributed by atoms with Crippen LogP contribution in [-0.2, 0) is 7.05 Å². The van der Waals surface area contributed by atoms with E-state index in [1.807, 2.05) is 6.92 Å². The Labute approximate surface area is 81.2 Å². The van der Waals surface area contributed by atoms with Gasteiger partial charge in [-0.3, -0.25) is 0 Å². The molecule has 1 heterocycles. The summed E-state index contributed by atoms with van der Waals surface area (Å²) >= 11 is 0. The highest BCUT2D eigenvalue weighted by molar-refractivity contribution is 5.86. The molecule has 1 aromatic heterocycles. The van der Waals surface area contributed by atoms with Crippen molar-refractivity contribution in [3.8, 4) is 6.07 Å². The van der Waals surface area contributed by atoms with Crippen LogP contribution in [0.3, 0.4) is 0 Å². The largest absolute Gasteiger partial charge is 0.335 e. The number of nitrogens with zero attached hydrogens (tertiary/aromatic N) is 2. The smallest absolute Gasteiger partial charge is 0.125 e. The molecule has 2 nitrogen and oxygen atoms in total. The number of aromatic nitrogens is 1. The highest BCUT2D eigenvalue weighted by atomic mass is 19.1. The molecule has 0 radical (unpaired) electrons. The maximum atomic E-state index is 13.0. The van der Waals surface area contributed by atoms with E-state index in [2.05, 4.69) is 6.07 Å². The van der Waals surface area contributed by atoms with Crippen LogP contribution in [0.15, 0.2) is 18.2 Å². The first-order valence-corrected chi connectivity index (χ1v) is 4.30. The Kier molecular flexibility index (Phi) is 1.78. The number of nitriles is 1. The molecule has 0 spiro atoms. The fourth-order valence-electron chi connectivity index (χ4n) is 1.76. The third-order valence-corrected chi connectivity index (χ3v) is 2.52. The topological polar surface area (TPSA) is 28.7 Å². The first kappa shape index (κ1) is 8.76. The van der Waals surface area contributed by atoms with E-state index in [1.165, 1.54) is 12.1 Å². The fourth-order valence-corrected chi connectivity index (χ4v) is 1.76. The van der Waals surface area contributed by atoms with E-state index < -0.39 is 0 Å². The molecule has 0 bridgehead atoms. The molecule has 0 fully saturated rings. The van der Waals surface area contributed by atoms with Crippen LogP contribution in [-0.4, -0.2) is 4.57 Å². The molecule has 3 heteroatoms. The van der Waals surface area contributed by atoms with Crippen molar-refractivity contribution in [1.29, 1.82) is 5.26 Å². The summed E-state index contributed by atoms with van der Waals surface area (Å²) in [6.45, 7) is 1.87. The van der Waals surface area contributed by atoms with Crippen molar-refractivity contribution in [3.05, 3.63) is 35.3 Å². The van der Waals surface area contributed by atoms with Gasteiger partial charge in [-0.25, -0.2) is 4.39 Å². The fraction of sp³-hybridized carbons (Fsp3) is 0.182. The van der Waals surface area contributed by atoms with Crippen LogP contribution in [0, 0.1) is 24.1 Å². The van der Waals surface area contributed by atoms with Gasteiger partial charge in [0.15, 0.2) is 0 Å². The van der Waals surface area contributed by atoms with Crippen LogP contribution >= 0.6 is 0 Å². The zero-order valence-electron chi connectivity index (χ0n) is 8.00. The Bertz CT molecular complexity index is 546. The quantitative estimate of drug-likeness (QED) is 0.624. The van der Waals surface area contributed by atoms with Gasteiger partial charge in [-0.05, 0) is 30.7 Å². The van der Waals surface area contributed by atoms with Crippen LogP contribution in [0.5, 0.6) is 0 Å². The van der Waals surface area contributed by atoms with E-state index in [4.69, 9.17) is 5.26 Å². The van der Waals surface area contributed by atoms with Gasteiger partial charge in [-0.1, -0.05) is 0 Å². The molecule has 0 aliphatic rings. The van der Waals surface area contributed by atoms with Gasteiger partial charge in [-0.2, -0.15) is 5.26 Å². The van der Waals surface area contributed by atoms with Crippen molar-refractivity contribution in [2.45, 2.75) is 6.92 Å². The standard InChI is InChI=1S/C11H9FN2/c1-7-9-4-3-8(12)5-10(9)14(2)11(7)6-13/h3-5H,1-2H3. The number of rotatable bonds is 0. The Morgan fingerprint density at radius 2 is 2.14 bits per heavy atom. The summed E-state index contributed by atoms with van der Waals surface area (Å²) in [5, 5.41) is 9.84. The Morgan fingerprint density at radius 1 is 1.43 bits per heavy atom. The lowest BCUT2D eigenvalue weighted by molar-refractivity contribution is 0.629. The van der Waals surface area contributed by atoms with Gasteiger partial charge >= 0.3 is 0 Å². The van der Waals surface area contributed by atoms with E-state index in [0.717, 1.165) is 16.5 Å². The summed E-state index contributed by atoms with van der Waals surface area (Å²) in [5.41, 5.74) is 2.26. The minimum atomic E-state index is -0.275. The molecular formula is C11H9FN2. The van der Waals surface area contributed by atoms with E-state index in [9.17, 15) is 4.39 Å². The molecule has 1 aromatic carbocycles. The first-order chi connectivity index (χ1) is 6.65. The molecule has 0 N–H and O–H groups in total. The minimum Gasteiger partial charge on any atom is -0.335 e. The van der Waals surface area contributed by atoms with Crippen LogP contribution in [0.4, 0.5) is 4.39 Å². The minimum absolute atomic E-state index is 0.275. The summed E-state index contributed by atoms with van der Waals surface area (Å²) in [6, 6.07) is 6.68. The second kappa shape index (κ2) is 2.85. The number of halogens is 1. The molecular weight excluding hydrogens is 179 g/mol. The van der Waals surface area contributed by atoms with Gasteiger partial charge in [0.1, 0.15) is 17.6 Å². The molecule has 0 amide bonds. The molecule has 0 saturated heterocycles. The molecule has 0 unspecified atom stereocenters. The molecule has 0 atom stereocenters. The highest BCUT2D eigenvalue weighted by Crippen LogP contribution is 2.24. The van der Waals surface area contributed by atoms with Crippen molar-refractivity contribution in [3.63, 3.8) is 0 Å². The second-order valence-electron chi connectivity index (χ2n) is 3.31. The highest BCUT2D eigenvalue weighted by Gasteiger charge is 2.10. The molecule has 14 heavy (non-hydrogen) atoms. The van der Waals surface area contributed by atoms with Crippen molar-refractivity contribution >= 4 is 10.9 Å². The van der Waals surface area contributed by atoms with Gasteiger partial charge in [0.05, 0.1) is 5.52 Å². The molecule has 0 aliphatic heterocycles. The third-order valence-electron chi connectivity index (χ3n) is 2.52. The molecule has 0 aliphatic carbocycles. The molecule has 2 aromatic rings. The Morgan fingerprint density at radius 3 is 2.79 bits per heavy atom. The van der Waals surface area contributed by atoms with Crippen LogP contribution in [0.1, 0.15) is 11.3 Å². The number of aryl methyl sites for hydroxylation is 2. The molecule has 70 valence electrons. The van der Waals surface area contributed by atoms with Gasteiger partial charge in [0.2, 0.25) is 0 Å². The summed E-state index contributed by atoms with van der Waals surface area (Å²) in [7, 11) is 1.77. The lowest BCUT2D eigenvalue weighted by atomic mass is 10.1. The zero-order chi connectivity index (χ0) is 10.3. The van der Waals surface area contributed by atoms with Crippen molar-refractivity contribution in [2.24, 2.45) is 7.05 Å². The van der Waals surface area contributed by atoms with Gasteiger partial charge in [0, 0.05) is 12.4 Å². The van der Waals surface area contributed by atoms with Crippen LogP contribution < -0.4 is 0 Å². The van der Waals surface area contributed by atoms with Crippen molar-refractivity contribution in [2.75, 3.05) is 0 Å². The molecule has 0 saturated carbocycles. The Balaban J connectivity index is 2.96. The van der Waals surface area contributed by atoms with E-state index in [-0.39, 0.29) is 5.82 Å². The van der Waals surface area contributed by atoms with Gasteiger partial charge in [-0.15, -0.1) is 0 Å². The average molecular weight is 188 g/mol. The summed E-state index contributed by atoms with van der Waals surface area (Å²) in [6.07, 6.45) is 0. The van der Waals surface area contributed by atoms with E-state index >= 15 is 0 Å². The number of fused-ring (bicyclic) bond motifs is 1. The number of hydrogen-bond acceptors (Lipinski definition) is 1. The van der Waals surface area contributed by atoms with Crippen molar-refractivity contribution < 1.29 is 4.39 Å². The summed E-state index contributed by atoms with van der Waals surface area (Å²) < 4.78 is 14.7. The summed E-state index contributed by atoms with van der Waals surface area (Å²) in [5.74, 6) is -0.275. The van der Waals surface area contributed by atoms with E-state index in [1.54, 1.807) is 17.7 Å². The van der Waals surface area contributed by atoms with E-state index in [0.29, 0.717) is 5.69 Å². The maximum Gasteiger partial charge on any atom is 0.125 e. The van der Waals surface area contributed by atoms with Crippen LogP contribution in [0.25, 0.3) is 10.9 Å². The zero-order valence-corrected chi connectivity index (χ0v) is 8.00. The first-order valence-electron chi connectivity index (χ1n) is 4.30. The van der Waals surface area contributed by atoms with Gasteiger partial charge < -0.3 is 4.57 Å². The number of benzene rings is 1. The van der Waals surface area contributed by atoms with Gasteiger partial charge in [0.25, 0.3) is 0 Å². The van der Waals surface area contributed by atoms with Crippen molar-refractivity contribution in [1.82, 2.24) is 4.57 Å². The predicted octanol–water partition coefficient (Wildman–Crippen LogP) is 2.50. The average Bonchev–Trinajstić information content (AvgIpc) is 2.39. The normalized spacial score (nSPS) is 10.4. The lowest BCUT2D eigenvalue weighted by Crippen LogP contribution is -1.91. The second-order valence-corrected chi connectivity index (χ2v) is 3.31. The number of hydrogen-bond donors (Lipinski definition) is 0. The third kappa shape index (κ3) is 1.01. The summed E-state index contributed by atoms with van der Waals surface area (Å²) in [4.78, 5) is 0. The SMILES string of the molecule is Cc1c(C#N)n(C)c2cc(F)ccc12. The maximum absolute atomic E-state index is 13.0. The molecule has 2 rings (SSSR count). The Hall–Kier alpha value is -1.82. The lowest BCUT2D eigenvalue weighted by Gasteiger charge is -1.96. The predicted molar refractivity (Wildman–Crippen MR) is 52.3 cm³/mol. The van der Waals surface area contributed by atoms with Crippen LogP contribution in [0.2, 0.25) is 0 Å².